The Bertz CT molecular complexity index is 470. The molecule has 0 saturated carbocycles. The third-order valence-electron chi connectivity index (χ3n) is 2.07. The van der Waals surface area contributed by atoms with E-state index >= 15 is 0 Å². The number of hydrogen-bond donors (Lipinski definition) is 1. The van der Waals surface area contributed by atoms with Gasteiger partial charge in [0.1, 0.15) is 10.8 Å². The van der Waals surface area contributed by atoms with Gasteiger partial charge in [-0.05, 0) is 19.1 Å². The first-order chi connectivity index (χ1) is 7.83. The molecule has 0 spiro atoms. The molecule has 0 radical (unpaired) electrons. The monoisotopic (exact) mass is 235 g/mol. The van der Waals surface area contributed by atoms with Crippen molar-refractivity contribution < 1.29 is 4.74 Å². The van der Waals surface area contributed by atoms with E-state index in [4.69, 9.17) is 4.74 Å². The molecule has 0 unspecified atom stereocenters. The maximum absolute atomic E-state index is 5.17. The minimum Gasteiger partial charge on any atom is -0.497 e. The van der Waals surface area contributed by atoms with E-state index in [-0.39, 0.29) is 0 Å². The van der Waals surface area contributed by atoms with E-state index in [1.165, 1.54) is 0 Å². The molecule has 0 bridgehead atoms. The van der Waals surface area contributed by atoms with Crippen molar-refractivity contribution >= 4 is 16.5 Å². The van der Waals surface area contributed by atoms with Crippen molar-refractivity contribution in [3.05, 3.63) is 24.3 Å². The van der Waals surface area contributed by atoms with Crippen molar-refractivity contribution in [2.24, 2.45) is 0 Å². The van der Waals surface area contributed by atoms with Crippen molar-refractivity contribution in [2.45, 2.75) is 6.92 Å². The summed E-state index contributed by atoms with van der Waals surface area (Å²) in [5.41, 5.74) is 1.03. The van der Waals surface area contributed by atoms with Gasteiger partial charge >= 0.3 is 0 Å². The molecule has 0 saturated heterocycles. The van der Waals surface area contributed by atoms with Crippen molar-refractivity contribution in [1.82, 2.24) is 10.2 Å². The van der Waals surface area contributed by atoms with Crippen LogP contribution in [0, 0.1) is 0 Å². The number of nitrogens with one attached hydrogen (secondary N) is 1. The predicted octanol–water partition coefficient (Wildman–Crippen LogP) is 2.65. The fourth-order valence-electron chi connectivity index (χ4n) is 1.32. The molecule has 0 aliphatic rings. The molecule has 1 heterocycles. The Morgan fingerprint density at radius 3 is 3.00 bits per heavy atom. The highest BCUT2D eigenvalue weighted by atomic mass is 32.1. The molecular formula is C11H13N3OS. The molecule has 16 heavy (non-hydrogen) atoms. The Morgan fingerprint density at radius 2 is 2.25 bits per heavy atom. The molecule has 0 fully saturated rings. The lowest BCUT2D eigenvalue weighted by molar-refractivity contribution is 0.415. The van der Waals surface area contributed by atoms with Crippen molar-refractivity contribution in [1.29, 1.82) is 0 Å². The van der Waals surface area contributed by atoms with Crippen molar-refractivity contribution in [3.63, 3.8) is 0 Å². The molecule has 1 aromatic heterocycles. The molecule has 84 valence electrons. The van der Waals surface area contributed by atoms with E-state index in [2.05, 4.69) is 15.5 Å². The normalized spacial score (nSPS) is 10.1. The summed E-state index contributed by atoms with van der Waals surface area (Å²) in [5.74, 6) is 0.831. The number of anilines is 1. The Morgan fingerprint density at radius 1 is 1.38 bits per heavy atom. The summed E-state index contributed by atoms with van der Waals surface area (Å²) in [6, 6.07) is 7.81. The Hall–Kier alpha value is -1.62. The number of benzene rings is 1. The number of ether oxygens (including phenoxy) is 1. The Kier molecular flexibility index (Phi) is 3.36. The van der Waals surface area contributed by atoms with Gasteiger partial charge in [0.25, 0.3) is 0 Å². The standard InChI is InChI=1S/C11H13N3OS/c1-3-12-11-14-13-10(16-11)8-5-4-6-9(7-8)15-2/h4-7H,3H2,1-2H3,(H,12,14). The first-order valence-electron chi connectivity index (χ1n) is 5.05. The zero-order valence-corrected chi connectivity index (χ0v) is 10.0. The topological polar surface area (TPSA) is 47.0 Å². The van der Waals surface area contributed by atoms with Gasteiger partial charge in [-0.25, -0.2) is 0 Å². The minimum absolute atomic E-state index is 0.831. The van der Waals surface area contributed by atoms with Crippen LogP contribution in [0.2, 0.25) is 0 Å². The first kappa shape index (κ1) is 10.9. The molecule has 2 aromatic rings. The molecule has 0 amide bonds. The second kappa shape index (κ2) is 4.94. The predicted molar refractivity (Wildman–Crippen MR) is 66.1 cm³/mol. The zero-order chi connectivity index (χ0) is 11.4. The van der Waals surface area contributed by atoms with E-state index in [1.807, 2.05) is 31.2 Å². The highest BCUT2D eigenvalue weighted by molar-refractivity contribution is 7.18. The van der Waals surface area contributed by atoms with Crippen LogP contribution in [-0.2, 0) is 0 Å². The number of methoxy groups -OCH3 is 1. The van der Waals surface area contributed by atoms with Gasteiger partial charge in [-0.1, -0.05) is 23.5 Å². The van der Waals surface area contributed by atoms with Gasteiger partial charge in [0.05, 0.1) is 7.11 Å². The summed E-state index contributed by atoms with van der Waals surface area (Å²) >= 11 is 1.54. The van der Waals surface area contributed by atoms with Gasteiger partial charge in [0.2, 0.25) is 5.13 Å². The van der Waals surface area contributed by atoms with Crippen LogP contribution in [0.15, 0.2) is 24.3 Å². The van der Waals surface area contributed by atoms with Gasteiger partial charge in [-0.2, -0.15) is 0 Å². The van der Waals surface area contributed by atoms with Gasteiger partial charge in [0, 0.05) is 12.1 Å². The van der Waals surface area contributed by atoms with E-state index in [0.717, 1.165) is 28.0 Å². The van der Waals surface area contributed by atoms with Crippen LogP contribution >= 0.6 is 11.3 Å². The maximum Gasteiger partial charge on any atom is 0.205 e. The van der Waals surface area contributed by atoms with Crippen LogP contribution in [0.3, 0.4) is 0 Å². The van der Waals surface area contributed by atoms with Gasteiger partial charge in [-0.3, -0.25) is 0 Å². The lowest BCUT2D eigenvalue weighted by Gasteiger charge is -2.00. The SMILES string of the molecule is CCNc1nnc(-c2cccc(OC)c2)s1. The van der Waals surface area contributed by atoms with Crippen LogP contribution in [-0.4, -0.2) is 23.9 Å². The van der Waals surface area contributed by atoms with Gasteiger partial charge < -0.3 is 10.1 Å². The molecule has 0 aliphatic heterocycles. The second-order valence-electron chi connectivity index (χ2n) is 3.17. The minimum atomic E-state index is 0.831. The lowest BCUT2D eigenvalue weighted by atomic mass is 10.2. The zero-order valence-electron chi connectivity index (χ0n) is 9.23. The van der Waals surface area contributed by atoms with E-state index in [1.54, 1.807) is 18.4 Å². The van der Waals surface area contributed by atoms with Crippen LogP contribution < -0.4 is 10.1 Å². The molecular weight excluding hydrogens is 222 g/mol. The Balaban J connectivity index is 2.27. The van der Waals surface area contributed by atoms with E-state index in [9.17, 15) is 0 Å². The van der Waals surface area contributed by atoms with E-state index < -0.39 is 0 Å². The largest absolute Gasteiger partial charge is 0.497 e. The number of hydrogen-bond acceptors (Lipinski definition) is 5. The third-order valence-corrected chi connectivity index (χ3v) is 3.00. The molecule has 0 atom stereocenters. The fourth-order valence-corrected chi connectivity index (χ4v) is 2.13. The third kappa shape index (κ3) is 2.30. The molecule has 0 aliphatic carbocycles. The van der Waals surface area contributed by atoms with Crippen LogP contribution in [0.1, 0.15) is 6.92 Å². The highest BCUT2D eigenvalue weighted by Crippen LogP contribution is 2.28. The lowest BCUT2D eigenvalue weighted by Crippen LogP contribution is -1.94. The molecule has 1 N–H and O–H groups in total. The summed E-state index contributed by atoms with van der Waals surface area (Å²) in [4.78, 5) is 0. The molecule has 1 aromatic carbocycles. The van der Waals surface area contributed by atoms with Crippen LogP contribution in [0.4, 0.5) is 5.13 Å². The van der Waals surface area contributed by atoms with Gasteiger partial charge in [0.15, 0.2) is 0 Å². The molecule has 2 rings (SSSR count). The summed E-state index contributed by atoms with van der Waals surface area (Å²) in [5, 5.41) is 13.1. The average Bonchev–Trinajstić information content (AvgIpc) is 2.78. The second-order valence-corrected chi connectivity index (χ2v) is 4.15. The number of aromatic nitrogens is 2. The summed E-state index contributed by atoms with van der Waals surface area (Å²) in [7, 11) is 1.66. The first-order valence-corrected chi connectivity index (χ1v) is 5.87. The number of rotatable bonds is 4. The maximum atomic E-state index is 5.17. The highest BCUT2D eigenvalue weighted by Gasteiger charge is 2.06. The molecule has 4 nitrogen and oxygen atoms in total. The summed E-state index contributed by atoms with van der Waals surface area (Å²) < 4.78 is 5.17. The van der Waals surface area contributed by atoms with E-state index in [0.29, 0.717) is 0 Å². The van der Waals surface area contributed by atoms with Gasteiger partial charge in [-0.15, -0.1) is 10.2 Å². The summed E-state index contributed by atoms with van der Waals surface area (Å²) in [6.07, 6.45) is 0. The van der Waals surface area contributed by atoms with Crippen LogP contribution in [0.5, 0.6) is 5.75 Å². The smallest absolute Gasteiger partial charge is 0.205 e. The quantitative estimate of drug-likeness (QED) is 0.885. The van der Waals surface area contributed by atoms with Crippen molar-refractivity contribution in [2.75, 3.05) is 19.0 Å². The average molecular weight is 235 g/mol. The summed E-state index contributed by atoms with van der Waals surface area (Å²) in [6.45, 7) is 2.89. The Labute approximate surface area is 98.3 Å². The fraction of sp³-hybridized carbons (Fsp3) is 0.273. The van der Waals surface area contributed by atoms with Crippen molar-refractivity contribution in [3.8, 4) is 16.3 Å². The van der Waals surface area contributed by atoms with Crippen LogP contribution in [0.25, 0.3) is 10.6 Å². The number of nitrogens with zero attached hydrogens (tertiary/aromatic N) is 2. The molecule has 5 heteroatoms.